The molecule has 1 saturated heterocycles. The van der Waals surface area contributed by atoms with Crippen molar-refractivity contribution in [3.8, 4) is 0 Å². The van der Waals surface area contributed by atoms with Crippen LogP contribution in [0, 0.1) is 0 Å². The zero-order valence-electron chi connectivity index (χ0n) is 21.2. The number of Topliss-reactive ketones (excluding diaryl/α,β-unsaturated/α-hetero) is 1. The third kappa shape index (κ3) is 6.82. The van der Waals surface area contributed by atoms with Crippen molar-refractivity contribution in [2.75, 3.05) is 50.0 Å². The molecule has 10 heteroatoms. The van der Waals surface area contributed by atoms with E-state index in [0.29, 0.717) is 36.4 Å². The van der Waals surface area contributed by atoms with Crippen LogP contribution in [0.3, 0.4) is 0 Å². The van der Waals surface area contributed by atoms with E-state index < -0.39 is 0 Å². The lowest BCUT2D eigenvalue weighted by Gasteiger charge is -2.32. The van der Waals surface area contributed by atoms with Gasteiger partial charge in [-0.15, -0.1) is 11.3 Å². The van der Waals surface area contributed by atoms with Gasteiger partial charge in [0.05, 0.1) is 6.54 Å². The molecule has 2 aliphatic rings. The van der Waals surface area contributed by atoms with Gasteiger partial charge in [-0.05, 0) is 66.0 Å². The van der Waals surface area contributed by atoms with Crippen LogP contribution in [0.1, 0.15) is 30.2 Å². The number of ketones is 1. The Bertz CT molecular complexity index is 1280. The number of rotatable bonds is 9. The van der Waals surface area contributed by atoms with E-state index in [1.54, 1.807) is 11.3 Å². The van der Waals surface area contributed by atoms with Gasteiger partial charge in [0, 0.05) is 48.8 Å². The van der Waals surface area contributed by atoms with Gasteiger partial charge in [-0.25, -0.2) is 0 Å². The number of likely N-dealkylation sites (N-methyl/N-ethyl adjacent to an activating group) is 1. The van der Waals surface area contributed by atoms with Crippen molar-refractivity contribution in [1.82, 2.24) is 19.9 Å². The van der Waals surface area contributed by atoms with Crippen molar-refractivity contribution in [3.63, 3.8) is 0 Å². The monoisotopic (exact) mass is 533 g/mol. The van der Waals surface area contributed by atoms with Crippen LogP contribution in [0.2, 0.25) is 0 Å². The molecular weight excluding hydrogens is 502 g/mol. The molecule has 1 aromatic carbocycles. The standard InChI is InChI=1S/C27H31N7OS2/c1-3-5-21(35)16-19-7-9-22(10-8-19)37-27-31-25(30-26(32-27)34-13-11-33(2)12-14-34)29-24-17-20(18-28-24)23-6-4-15-36-23/h4,6-10,15,17H,3,5,11-14,16,18H2,1-2H3,(H,28,29,30,31,32). The smallest absolute Gasteiger partial charge is 0.234 e. The van der Waals surface area contributed by atoms with Crippen LogP contribution in [0.4, 0.5) is 11.9 Å². The van der Waals surface area contributed by atoms with Crippen molar-refractivity contribution in [1.29, 1.82) is 0 Å². The molecule has 1 N–H and O–H groups in total. The second-order valence-corrected chi connectivity index (χ2v) is 11.2. The highest BCUT2D eigenvalue weighted by Gasteiger charge is 2.20. The number of benzene rings is 1. The average Bonchev–Trinajstić information content (AvgIpc) is 3.58. The van der Waals surface area contributed by atoms with Gasteiger partial charge in [0.2, 0.25) is 11.9 Å². The molecule has 0 bridgehead atoms. The molecule has 37 heavy (non-hydrogen) atoms. The summed E-state index contributed by atoms with van der Waals surface area (Å²) < 4.78 is 0. The van der Waals surface area contributed by atoms with Gasteiger partial charge in [0.25, 0.3) is 0 Å². The average molecular weight is 534 g/mol. The van der Waals surface area contributed by atoms with Gasteiger partial charge in [0.15, 0.2) is 5.16 Å². The largest absolute Gasteiger partial charge is 0.338 e. The van der Waals surface area contributed by atoms with Gasteiger partial charge < -0.3 is 15.1 Å². The molecule has 0 aliphatic carbocycles. The summed E-state index contributed by atoms with van der Waals surface area (Å²) in [6, 6.07) is 12.3. The van der Waals surface area contributed by atoms with E-state index in [9.17, 15) is 4.79 Å². The second kappa shape index (κ2) is 12.0. The summed E-state index contributed by atoms with van der Waals surface area (Å²) in [7, 11) is 2.13. The highest BCUT2D eigenvalue weighted by molar-refractivity contribution is 7.99. The first-order valence-corrected chi connectivity index (χ1v) is 14.3. The van der Waals surface area contributed by atoms with E-state index in [1.807, 2.05) is 31.2 Å². The maximum atomic E-state index is 12.0. The number of carbonyl (C=O) groups is 1. The summed E-state index contributed by atoms with van der Waals surface area (Å²) in [6.45, 7) is 6.35. The fraction of sp³-hybridized carbons (Fsp3) is 0.370. The highest BCUT2D eigenvalue weighted by atomic mass is 32.2. The van der Waals surface area contributed by atoms with Crippen LogP contribution in [0.25, 0.3) is 5.57 Å². The third-order valence-electron chi connectivity index (χ3n) is 6.26. The van der Waals surface area contributed by atoms with Gasteiger partial charge in [-0.2, -0.15) is 15.0 Å². The molecule has 2 aromatic heterocycles. The number of hydrogen-bond donors (Lipinski definition) is 1. The lowest BCUT2D eigenvalue weighted by molar-refractivity contribution is -0.118. The number of piperazine rings is 1. The van der Waals surface area contributed by atoms with Crippen molar-refractivity contribution in [3.05, 3.63) is 58.3 Å². The van der Waals surface area contributed by atoms with Gasteiger partial charge >= 0.3 is 0 Å². The molecule has 0 amide bonds. The first-order valence-electron chi connectivity index (χ1n) is 12.6. The Kier molecular flexibility index (Phi) is 8.28. The number of nitrogens with one attached hydrogen (secondary N) is 1. The Morgan fingerprint density at radius 1 is 1.08 bits per heavy atom. The molecule has 1 fully saturated rings. The van der Waals surface area contributed by atoms with Crippen molar-refractivity contribution < 1.29 is 4.79 Å². The minimum atomic E-state index is 0.277. The van der Waals surface area contributed by atoms with Crippen LogP contribution < -0.4 is 10.2 Å². The lowest BCUT2D eigenvalue weighted by atomic mass is 10.1. The number of aliphatic imine (C=N–C) groups is 1. The third-order valence-corrected chi connectivity index (χ3v) is 8.08. The van der Waals surface area contributed by atoms with E-state index >= 15 is 0 Å². The molecule has 0 radical (unpaired) electrons. The van der Waals surface area contributed by atoms with E-state index in [-0.39, 0.29) is 5.78 Å². The highest BCUT2D eigenvalue weighted by Crippen LogP contribution is 2.28. The molecule has 0 atom stereocenters. The zero-order chi connectivity index (χ0) is 25.6. The van der Waals surface area contributed by atoms with E-state index in [4.69, 9.17) is 15.0 Å². The summed E-state index contributed by atoms with van der Waals surface area (Å²) >= 11 is 3.21. The molecule has 0 saturated carbocycles. The summed E-state index contributed by atoms with van der Waals surface area (Å²) in [6.07, 6.45) is 4.06. The molecule has 5 rings (SSSR count). The molecular formula is C27H31N7OS2. The van der Waals surface area contributed by atoms with Crippen molar-refractivity contribution in [2.24, 2.45) is 4.99 Å². The summed E-state index contributed by atoms with van der Waals surface area (Å²) in [5, 5.41) is 6.02. The first kappa shape index (κ1) is 25.6. The SMILES string of the molecule is CCCC(=O)Cc1ccc(Sc2nc(NC3=NCC(c4cccs4)=C3)nc(N3CCN(C)CC3)n2)cc1. The summed E-state index contributed by atoms with van der Waals surface area (Å²) in [4.78, 5) is 37.7. The van der Waals surface area contributed by atoms with Gasteiger partial charge in [-0.3, -0.25) is 9.79 Å². The van der Waals surface area contributed by atoms with Crippen LogP contribution in [0.5, 0.6) is 0 Å². The zero-order valence-corrected chi connectivity index (χ0v) is 22.8. The van der Waals surface area contributed by atoms with Gasteiger partial charge in [-0.1, -0.05) is 25.1 Å². The number of hydrogen-bond acceptors (Lipinski definition) is 10. The number of anilines is 2. The number of thiophene rings is 1. The molecule has 0 spiro atoms. The molecule has 192 valence electrons. The van der Waals surface area contributed by atoms with Crippen molar-refractivity contribution >= 4 is 52.2 Å². The molecule has 3 aromatic rings. The van der Waals surface area contributed by atoms with Crippen LogP contribution >= 0.6 is 23.1 Å². The van der Waals surface area contributed by atoms with E-state index in [2.05, 4.69) is 50.7 Å². The Labute approximate surface area is 226 Å². The Morgan fingerprint density at radius 3 is 2.62 bits per heavy atom. The number of amidine groups is 1. The topological polar surface area (TPSA) is 86.6 Å². The fourth-order valence-corrected chi connectivity index (χ4v) is 5.68. The summed E-state index contributed by atoms with van der Waals surface area (Å²) in [5.74, 6) is 2.21. The van der Waals surface area contributed by atoms with Gasteiger partial charge in [0.1, 0.15) is 11.6 Å². The Balaban J connectivity index is 1.34. The molecule has 8 nitrogen and oxygen atoms in total. The van der Waals surface area contributed by atoms with Crippen molar-refractivity contribution in [2.45, 2.75) is 36.2 Å². The fourth-order valence-electron chi connectivity index (χ4n) is 4.20. The maximum Gasteiger partial charge on any atom is 0.234 e. The molecule has 2 aliphatic heterocycles. The first-order chi connectivity index (χ1) is 18.1. The normalized spacial score (nSPS) is 16.0. The minimum Gasteiger partial charge on any atom is -0.338 e. The van der Waals surface area contributed by atoms with Crippen LogP contribution in [0.15, 0.2) is 62.9 Å². The van der Waals surface area contributed by atoms with E-state index in [0.717, 1.165) is 48.9 Å². The predicted molar refractivity (Wildman–Crippen MR) is 152 cm³/mol. The number of aromatic nitrogens is 3. The number of nitrogens with zero attached hydrogens (tertiary/aromatic N) is 6. The Morgan fingerprint density at radius 2 is 1.89 bits per heavy atom. The second-order valence-electron chi connectivity index (χ2n) is 9.22. The van der Waals surface area contributed by atoms with Crippen LogP contribution in [-0.2, 0) is 11.2 Å². The quantitative estimate of drug-likeness (QED) is 0.425. The summed E-state index contributed by atoms with van der Waals surface area (Å²) in [5.41, 5.74) is 2.23. The minimum absolute atomic E-state index is 0.277. The van der Waals surface area contributed by atoms with E-state index in [1.165, 1.54) is 22.2 Å². The lowest BCUT2D eigenvalue weighted by Crippen LogP contribution is -2.45. The maximum absolute atomic E-state index is 12.0. The number of carbonyl (C=O) groups excluding carboxylic acids is 1. The predicted octanol–water partition coefficient (Wildman–Crippen LogP) is 4.66. The molecule has 0 unspecified atom stereocenters. The van der Waals surface area contributed by atoms with Crippen LogP contribution in [-0.4, -0.2) is 71.2 Å². The molecule has 4 heterocycles. The Hall–Kier alpha value is -3.08.